The summed E-state index contributed by atoms with van der Waals surface area (Å²) in [5, 5.41) is 13.3. The van der Waals surface area contributed by atoms with Gasteiger partial charge in [0, 0.05) is 17.6 Å². The highest BCUT2D eigenvalue weighted by molar-refractivity contribution is 4.94. The van der Waals surface area contributed by atoms with Crippen molar-refractivity contribution in [2.45, 2.75) is 83.3 Å². The minimum Gasteiger partial charge on any atom is -0.394 e. The number of likely N-dealkylation sites (tertiary alicyclic amines) is 1. The van der Waals surface area contributed by atoms with Crippen LogP contribution in [0.25, 0.3) is 0 Å². The summed E-state index contributed by atoms with van der Waals surface area (Å²) in [5.41, 5.74) is -0.124. The molecule has 2 aliphatic rings. The first kappa shape index (κ1) is 16.3. The van der Waals surface area contributed by atoms with Crippen molar-refractivity contribution >= 4 is 0 Å². The Hall–Kier alpha value is -0.120. The molecule has 2 N–H and O–H groups in total. The van der Waals surface area contributed by atoms with Gasteiger partial charge in [-0.3, -0.25) is 4.90 Å². The Kier molecular flexibility index (Phi) is 5.88. The topological polar surface area (TPSA) is 35.5 Å². The van der Waals surface area contributed by atoms with Crippen molar-refractivity contribution in [1.82, 2.24) is 10.2 Å². The van der Waals surface area contributed by atoms with Crippen LogP contribution in [0.3, 0.4) is 0 Å². The van der Waals surface area contributed by atoms with Crippen LogP contribution in [0.5, 0.6) is 0 Å². The molecule has 2 fully saturated rings. The van der Waals surface area contributed by atoms with E-state index in [4.69, 9.17) is 0 Å². The van der Waals surface area contributed by atoms with Crippen molar-refractivity contribution in [3.8, 4) is 0 Å². The maximum Gasteiger partial charge on any atom is 0.0611 e. The predicted molar refractivity (Wildman–Crippen MR) is 84.9 cm³/mol. The lowest BCUT2D eigenvalue weighted by Crippen LogP contribution is -2.54. The van der Waals surface area contributed by atoms with E-state index in [1.54, 1.807) is 0 Å². The molecule has 1 saturated heterocycles. The number of rotatable bonds is 7. The molecule has 0 spiro atoms. The van der Waals surface area contributed by atoms with Crippen LogP contribution in [-0.2, 0) is 0 Å². The molecule has 1 aliphatic carbocycles. The maximum absolute atomic E-state index is 9.77. The fraction of sp³-hybridized carbons (Fsp3) is 1.00. The van der Waals surface area contributed by atoms with Gasteiger partial charge in [-0.2, -0.15) is 0 Å². The highest BCUT2D eigenvalue weighted by Crippen LogP contribution is 2.38. The normalized spacial score (nSPS) is 31.8. The molecular formula is C17H34N2O. The second-order valence-electron chi connectivity index (χ2n) is 7.34. The highest BCUT2D eigenvalue weighted by atomic mass is 16.3. The molecule has 0 bridgehead atoms. The smallest absolute Gasteiger partial charge is 0.0611 e. The fourth-order valence-corrected chi connectivity index (χ4v) is 4.43. The number of fused-ring (bicyclic) bond motifs is 1. The molecule has 0 aromatic carbocycles. The average molecular weight is 282 g/mol. The first-order chi connectivity index (χ1) is 9.59. The summed E-state index contributed by atoms with van der Waals surface area (Å²) >= 11 is 0. The average Bonchev–Trinajstić information content (AvgIpc) is 2.93. The van der Waals surface area contributed by atoms with E-state index in [0.29, 0.717) is 6.04 Å². The van der Waals surface area contributed by atoms with Gasteiger partial charge in [-0.1, -0.05) is 13.3 Å². The Bertz CT molecular complexity index is 297. The predicted octanol–water partition coefficient (Wildman–Crippen LogP) is 2.78. The maximum atomic E-state index is 9.77. The van der Waals surface area contributed by atoms with Crippen LogP contribution in [0.4, 0.5) is 0 Å². The van der Waals surface area contributed by atoms with E-state index in [0.717, 1.165) is 31.3 Å². The Morgan fingerprint density at radius 3 is 2.75 bits per heavy atom. The standard InChI is InChI=1S/C17H34N2O/c1-4-10-18-17(3,13-20)12-14(2)19-11-6-8-15-7-5-9-16(15)19/h14-16,18,20H,4-13H2,1-3H3. The Labute approximate surface area is 125 Å². The first-order valence-electron chi connectivity index (χ1n) is 8.71. The molecule has 4 unspecified atom stereocenters. The third-order valence-corrected chi connectivity index (χ3v) is 5.50. The molecular weight excluding hydrogens is 248 g/mol. The van der Waals surface area contributed by atoms with Crippen molar-refractivity contribution in [2.24, 2.45) is 5.92 Å². The van der Waals surface area contributed by atoms with E-state index in [-0.39, 0.29) is 12.1 Å². The number of piperidine rings is 1. The van der Waals surface area contributed by atoms with E-state index in [1.165, 1.54) is 38.6 Å². The Morgan fingerprint density at radius 2 is 2.05 bits per heavy atom. The summed E-state index contributed by atoms with van der Waals surface area (Å²) in [6.45, 7) is 9.21. The van der Waals surface area contributed by atoms with E-state index in [2.05, 4.69) is 31.0 Å². The molecule has 3 heteroatoms. The van der Waals surface area contributed by atoms with E-state index in [9.17, 15) is 5.11 Å². The molecule has 0 aromatic heterocycles. The van der Waals surface area contributed by atoms with Crippen LogP contribution in [0.2, 0.25) is 0 Å². The number of hydrogen-bond acceptors (Lipinski definition) is 3. The molecule has 1 heterocycles. The lowest BCUT2D eigenvalue weighted by atomic mass is 9.87. The first-order valence-corrected chi connectivity index (χ1v) is 8.71. The summed E-state index contributed by atoms with van der Waals surface area (Å²) in [5.74, 6) is 0.954. The quantitative estimate of drug-likeness (QED) is 0.754. The summed E-state index contributed by atoms with van der Waals surface area (Å²) in [4.78, 5) is 2.75. The van der Waals surface area contributed by atoms with Crippen LogP contribution < -0.4 is 5.32 Å². The largest absolute Gasteiger partial charge is 0.394 e. The fourth-order valence-electron chi connectivity index (χ4n) is 4.43. The summed E-state index contributed by atoms with van der Waals surface area (Å²) in [6.07, 6.45) is 9.24. The number of hydrogen-bond donors (Lipinski definition) is 2. The van der Waals surface area contributed by atoms with Gasteiger partial charge in [0.1, 0.15) is 0 Å². The van der Waals surface area contributed by atoms with E-state index in [1.807, 2.05) is 0 Å². The van der Waals surface area contributed by atoms with Gasteiger partial charge >= 0.3 is 0 Å². The Balaban J connectivity index is 1.93. The highest BCUT2D eigenvalue weighted by Gasteiger charge is 2.38. The molecule has 3 nitrogen and oxygen atoms in total. The van der Waals surface area contributed by atoms with Crippen molar-refractivity contribution in [2.75, 3.05) is 19.7 Å². The zero-order valence-electron chi connectivity index (χ0n) is 13.7. The van der Waals surface area contributed by atoms with Crippen molar-refractivity contribution < 1.29 is 5.11 Å². The molecule has 118 valence electrons. The van der Waals surface area contributed by atoms with E-state index < -0.39 is 0 Å². The number of nitrogens with zero attached hydrogens (tertiary/aromatic N) is 1. The second kappa shape index (κ2) is 7.24. The van der Waals surface area contributed by atoms with Gasteiger partial charge in [0.05, 0.1) is 6.61 Å². The summed E-state index contributed by atoms with van der Waals surface area (Å²) in [6, 6.07) is 1.40. The van der Waals surface area contributed by atoms with Crippen LogP contribution in [0, 0.1) is 5.92 Å². The number of nitrogens with one attached hydrogen (secondary N) is 1. The lowest BCUT2D eigenvalue weighted by molar-refractivity contribution is 0.0469. The minimum absolute atomic E-state index is 0.124. The third-order valence-electron chi connectivity index (χ3n) is 5.50. The van der Waals surface area contributed by atoms with Gasteiger partial charge in [-0.25, -0.2) is 0 Å². The minimum atomic E-state index is -0.124. The van der Waals surface area contributed by atoms with Gasteiger partial charge in [0.25, 0.3) is 0 Å². The summed E-state index contributed by atoms with van der Waals surface area (Å²) in [7, 11) is 0. The number of aliphatic hydroxyl groups is 1. The molecule has 2 rings (SSSR count). The van der Waals surface area contributed by atoms with Crippen molar-refractivity contribution in [3.05, 3.63) is 0 Å². The van der Waals surface area contributed by atoms with E-state index >= 15 is 0 Å². The molecule has 4 atom stereocenters. The monoisotopic (exact) mass is 282 g/mol. The number of aliphatic hydroxyl groups excluding tert-OH is 1. The molecule has 0 amide bonds. The zero-order valence-corrected chi connectivity index (χ0v) is 13.7. The van der Waals surface area contributed by atoms with Crippen molar-refractivity contribution in [1.29, 1.82) is 0 Å². The van der Waals surface area contributed by atoms with Gasteiger partial charge in [0.2, 0.25) is 0 Å². The van der Waals surface area contributed by atoms with Crippen LogP contribution in [0.15, 0.2) is 0 Å². The van der Waals surface area contributed by atoms with Gasteiger partial charge in [-0.05, 0) is 71.4 Å². The zero-order chi connectivity index (χ0) is 14.6. The Morgan fingerprint density at radius 1 is 1.30 bits per heavy atom. The lowest BCUT2D eigenvalue weighted by Gasteiger charge is -2.44. The van der Waals surface area contributed by atoms with Crippen LogP contribution in [-0.4, -0.2) is 47.3 Å². The molecule has 1 saturated carbocycles. The van der Waals surface area contributed by atoms with Gasteiger partial charge < -0.3 is 10.4 Å². The SMILES string of the molecule is CCCNC(C)(CO)CC(C)N1CCCC2CCCC21. The molecule has 0 radical (unpaired) electrons. The molecule has 0 aromatic rings. The third kappa shape index (κ3) is 3.75. The molecule has 1 aliphatic heterocycles. The second-order valence-corrected chi connectivity index (χ2v) is 7.34. The van der Waals surface area contributed by atoms with Crippen LogP contribution >= 0.6 is 0 Å². The van der Waals surface area contributed by atoms with Gasteiger partial charge in [0.15, 0.2) is 0 Å². The van der Waals surface area contributed by atoms with Crippen LogP contribution in [0.1, 0.15) is 65.7 Å². The van der Waals surface area contributed by atoms with Crippen molar-refractivity contribution in [3.63, 3.8) is 0 Å². The summed E-state index contributed by atoms with van der Waals surface area (Å²) < 4.78 is 0. The molecule has 20 heavy (non-hydrogen) atoms. The van der Waals surface area contributed by atoms with Gasteiger partial charge in [-0.15, -0.1) is 0 Å².